The fourth-order valence-electron chi connectivity index (χ4n) is 2.96. The first-order chi connectivity index (χ1) is 12.4. The van der Waals surface area contributed by atoms with Crippen LogP contribution >= 0.6 is 0 Å². The first-order valence-electron chi connectivity index (χ1n) is 9.68. The fraction of sp³-hybridized carbons (Fsp3) is 0.750. The molecule has 0 aromatic heterocycles. The summed E-state index contributed by atoms with van der Waals surface area (Å²) in [6.07, 6.45) is 10.2. The molecule has 0 aromatic carbocycles. The van der Waals surface area contributed by atoms with Crippen LogP contribution in [0.1, 0.15) is 64.7 Å². The maximum atomic E-state index is 10.4. The summed E-state index contributed by atoms with van der Waals surface area (Å²) in [5.74, 6) is -0.804. The second-order valence-electron chi connectivity index (χ2n) is 6.95. The van der Waals surface area contributed by atoms with Crippen molar-refractivity contribution in [1.82, 2.24) is 0 Å². The van der Waals surface area contributed by atoms with Crippen LogP contribution in [0.25, 0.3) is 0 Å². The fourth-order valence-corrected chi connectivity index (χ4v) is 2.96. The van der Waals surface area contributed by atoms with Gasteiger partial charge < -0.3 is 25.2 Å². The Balaban J connectivity index is 2.30. The highest BCUT2D eigenvalue weighted by molar-refractivity contribution is 5.66. The van der Waals surface area contributed by atoms with E-state index in [-0.39, 0.29) is 6.42 Å². The Morgan fingerprint density at radius 1 is 1.23 bits per heavy atom. The van der Waals surface area contributed by atoms with E-state index in [1.807, 2.05) is 12.2 Å². The van der Waals surface area contributed by atoms with Gasteiger partial charge in [-0.05, 0) is 25.7 Å². The van der Waals surface area contributed by atoms with Gasteiger partial charge >= 0.3 is 5.97 Å². The minimum absolute atomic E-state index is 0.142. The zero-order valence-electron chi connectivity index (χ0n) is 15.7. The topological polar surface area (TPSA) is 107 Å². The highest BCUT2D eigenvalue weighted by atomic mass is 16.5. The van der Waals surface area contributed by atoms with Crippen LogP contribution in [0.3, 0.4) is 0 Å². The van der Waals surface area contributed by atoms with Crippen molar-refractivity contribution in [2.45, 2.75) is 95.2 Å². The number of carbonyl (C=O) groups is 1. The Morgan fingerprint density at radius 3 is 2.69 bits per heavy atom. The monoisotopic (exact) mass is 370 g/mol. The molecule has 0 aliphatic carbocycles. The third-order valence-corrected chi connectivity index (χ3v) is 4.55. The molecule has 0 radical (unpaired) electrons. The molecular weight excluding hydrogens is 336 g/mol. The third-order valence-electron chi connectivity index (χ3n) is 4.55. The molecule has 0 bridgehead atoms. The molecule has 6 nitrogen and oxygen atoms in total. The maximum Gasteiger partial charge on any atom is 0.303 e. The summed E-state index contributed by atoms with van der Waals surface area (Å²) in [7, 11) is 0. The van der Waals surface area contributed by atoms with Crippen molar-refractivity contribution < 1.29 is 30.0 Å². The van der Waals surface area contributed by atoms with E-state index in [1.165, 1.54) is 0 Å². The number of hydrogen-bond donors (Lipinski definition) is 4. The number of carboxylic acid groups (broad SMARTS) is 1. The van der Waals surface area contributed by atoms with Gasteiger partial charge in [0.05, 0.1) is 24.4 Å². The predicted molar refractivity (Wildman–Crippen MR) is 99.8 cm³/mol. The number of aliphatic hydroxyl groups excluding tert-OH is 3. The minimum atomic E-state index is -0.804. The molecule has 1 aliphatic heterocycles. The van der Waals surface area contributed by atoms with Gasteiger partial charge in [0, 0.05) is 12.8 Å². The van der Waals surface area contributed by atoms with Crippen LogP contribution in [0, 0.1) is 0 Å². The molecule has 1 saturated heterocycles. The molecule has 6 heteroatoms. The van der Waals surface area contributed by atoms with E-state index in [0.717, 1.165) is 19.3 Å². The van der Waals surface area contributed by atoms with Crippen LogP contribution in [0.4, 0.5) is 0 Å². The van der Waals surface area contributed by atoms with Crippen LogP contribution in [-0.4, -0.2) is 56.9 Å². The highest BCUT2D eigenvalue weighted by Crippen LogP contribution is 2.25. The van der Waals surface area contributed by atoms with Crippen LogP contribution in [-0.2, 0) is 9.53 Å². The molecule has 150 valence electrons. The van der Waals surface area contributed by atoms with Crippen molar-refractivity contribution in [3.63, 3.8) is 0 Å². The number of rotatable bonds is 13. The molecule has 0 spiro atoms. The lowest BCUT2D eigenvalue weighted by Crippen LogP contribution is -2.25. The summed E-state index contributed by atoms with van der Waals surface area (Å²) in [6.45, 7) is 2.11. The summed E-state index contributed by atoms with van der Waals surface area (Å²) >= 11 is 0. The molecule has 1 fully saturated rings. The highest BCUT2D eigenvalue weighted by Gasteiger charge is 2.35. The summed E-state index contributed by atoms with van der Waals surface area (Å²) in [5.41, 5.74) is 0. The second kappa shape index (κ2) is 13.0. The molecule has 1 heterocycles. The van der Waals surface area contributed by atoms with Crippen molar-refractivity contribution in [1.29, 1.82) is 0 Å². The SMILES string of the molecule is CCCCC[C@@H](O)/C=C/[C@@H]1O[C@H]([C@@H](O)C/C=C\CCCC(=O)O)C[C@@H]1O. The molecule has 26 heavy (non-hydrogen) atoms. The van der Waals surface area contributed by atoms with Gasteiger partial charge in [0.1, 0.15) is 6.10 Å². The first kappa shape index (κ1) is 22.8. The van der Waals surface area contributed by atoms with Crippen LogP contribution in [0.2, 0.25) is 0 Å². The Hall–Kier alpha value is -1.21. The van der Waals surface area contributed by atoms with Crippen molar-refractivity contribution in [2.75, 3.05) is 0 Å². The standard InChI is InChI=1S/C20H34O6/c1-2-3-6-9-15(21)12-13-18-17(23)14-19(26-18)16(22)10-7-4-5-8-11-20(24)25/h4,7,12-13,15-19,21-23H,2-3,5-6,8-11,14H2,1H3,(H,24,25)/b7-4-,13-12+/t15-,16+,17+,18+,19+/m1/s1. The first-order valence-corrected chi connectivity index (χ1v) is 9.68. The normalized spacial score (nSPS) is 25.9. The van der Waals surface area contributed by atoms with E-state index in [9.17, 15) is 20.1 Å². The predicted octanol–water partition coefficient (Wildman–Crippen LogP) is 2.56. The van der Waals surface area contributed by atoms with Gasteiger partial charge in [-0.25, -0.2) is 0 Å². The average Bonchev–Trinajstić information content (AvgIpc) is 2.97. The van der Waals surface area contributed by atoms with Crippen LogP contribution < -0.4 is 0 Å². The second-order valence-corrected chi connectivity index (χ2v) is 6.95. The van der Waals surface area contributed by atoms with Crippen LogP contribution in [0.15, 0.2) is 24.3 Å². The summed E-state index contributed by atoms with van der Waals surface area (Å²) in [4.78, 5) is 10.4. The lowest BCUT2D eigenvalue weighted by molar-refractivity contribution is -0.137. The Kier molecular flexibility index (Phi) is 11.4. The number of aliphatic hydroxyl groups is 3. The van der Waals surface area contributed by atoms with Crippen molar-refractivity contribution >= 4 is 5.97 Å². The largest absolute Gasteiger partial charge is 0.481 e. The lowest BCUT2D eigenvalue weighted by atomic mass is 10.0. The minimum Gasteiger partial charge on any atom is -0.481 e. The summed E-state index contributed by atoms with van der Waals surface area (Å²) in [6, 6.07) is 0. The molecule has 1 aliphatic rings. The Bertz CT molecular complexity index is 448. The smallest absolute Gasteiger partial charge is 0.303 e. The number of hydrogen-bond acceptors (Lipinski definition) is 5. The molecule has 0 aromatic rings. The molecule has 4 N–H and O–H groups in total. The van der Waals surface area contributed by atoms with E-state index in [4.69, 9.17) is 9.84 Å². The number of ether oxygens (including phenoxy) is 1. The van der Waals surface area contributed by atoms with Gasteiger partial charge in [0.25, 0.3) is 0 Å². The van der Waals surface area contributed by atoms with E-state index < -0.39 is 36.5 Å². The summed E-state index contributed by atoms with van der Waals surface area (Å²) < 4.78 is 5.71. The molecule has 0 unspecified atom stereocenters. The van der Waals surface area contributed by atoms with Gasteiger partial charge in [0.2, 0.25) is 0 Å². The zero-order valence-corrected chi connectivity index (χ0v) is 15.7. The van der Waals surface area contributed by atoms with Gasteiger partial charge in [-0.2, -0.15) is 0 Å². The van der Waals surface area contributed by atoms with E-state index >= 15 is 0 Å². The zero-order chi connectivity index (χ0) is 19.4. The Morgan fingerprint density at radius 2 is 2.00 bits per heavy atom. The van der Waals surface area contributed by atoms with Gasteiger partial charge in [0.15, 0.2) is 0 Å². The van der Waals surface area contributed by atoms with Crippen molar-refractivity contribution in [3.05, 3.63) is 24.3 Å². The number of aliphatic carboxylic acids is 1. The van der Waals surface area contributed by atoms with Gasteiger partial charge in [-0.1, -0.05) is 50.5 Å². The number of carboxylic acids is 1. The van der Waals surface area contributed by atoms with E-state index in [0.29, 0.717) is 32.1 Å². The molecular formula is C20H34O6. The molecule has 0 saturated carbocycles. The maximum absolute atomic E-state index is 10.4. The number of unbranched alkanes of at least 4 members (excludes halogenated alkanes) is 3. The van der Waals surface area contributed by atoms with Crippen molar-refractivity contribution in [2.24, 2.45) is 0 Å². The third kappa shape index (κ3) is 9.48. The average molecular weight is 370 g/mol. The summed E-state index contributed by atoms with van der Waals surface area (Å²) in [5, 5.41) is 38.7. The molecule has 1 rings (SSSR count). The van der Waals surface area contributed by atoms with E-state index in [1.54, 1.807) is 12.2 Å². The lowest BCUT2D eigenvalue weighted by Gasteiger charge is -2.16. The molecule has 5 atom stereocenters. The quantitative estimate of drug-likeness (QED) is 0.293. The Labute approximate surface area is 156 Å². The van der Waals surface area contributed by atoms with Crippen LogP contribution in [0.5, 0.6) is 0 Å². The molecule has 0 amide bonds. The van der Waals surface area contributed by atoms with Gasteiger partial charge in [-0.3, -0.25) is 4.79 Å². The van der Waals surface area contributed by atoms with Gasteiger partial charge in [-0.15, -0.1) is 0 Å². The van der Waals surface area contributed by atoms with Crippen molar-refractivity contribution in [3.8, 4) is 0 Å². The number of allylic oxidation sites excluding steroid dienone is 1. The van der Waals surface area contributed by atoms with E-state index in [2.05, 4.69) is 6.92 Å².